The number of aromatic nitrogens is 4. The standard InChI is InChI=1S/C9H9ClN6O3S/c10-7-5-2-12-15-8(5)14-9(13-7)16-3-4(1-6(16)17)20(11,18)19/h2,4H,1,3H2,(H2,11,18,19)(H,12,13,14,15). The lowest BCUT2D eigenvalue weighted by Gasteiger charge is -2.14. The molecule has 1 unspecified atom stereocenters. The van der Waals surface area contributed by atoms with Gasteiger partial charge in [-0.15, -0.1) is 0 Å². The predicted molar refractivity (Wildman–Crippen MR) is 70.6 cm³/mol. The molecule has 2 aromatic rings. The van der Waals surface area contributed by atoms with Crippen LogP contribution >= 0.6 is 11.6 Å². The molecule has 0 bridgehead atoms. The smallest absolute Gasteiger partial charge is 0.235 e. The third kappa shape index (κ3) is 2.11. The van der Waals surface area contributed by atoms with E-state index < -0.39 is 21.2 Å². The number of amides is 1. The highest BCUT2D eigenvalue weighted by molar-refractivity contribution is 7.89. The lowest BCUT2D eigenvalue weighted by molar-refractivity contribution is -0.117. The number of hydrogen-bond donors (Lipinski definition) is 2. The highest BCUT2D eigenvalue weighted by Crippen LogP contribution is 2.25. The molecule has 0 aliphatic carbocycles. The molecule has 0 aromatic carbocycles. The number of carbonyl (C=O) groups is 1. The summed E-state index contributed by atoms with van der Waals surface area (Å²) in [4.78, 5) is 21.1. The lowest BCUT2D eigenvalue weighted by Crippen LogP contribution is -2.32. The first-order valence-corrected chi connectivity index (χ1v) is 7.53. The summed E-state index contributed by atoms with van der Waals surface area (Å²) in [7, 11) is -3.79. The Balaban J connectivity index is 2.01. The van der Waals surface area contributed by atoms with Crippen LogP contribution in [-0.2, 0) is 14.8 Å². The van der Waals surface area contributed by atoms with Crippen LogP contribution in [0.25, 0.3) is 11.0 Å². The molecule has 3 N–H and O–H groups in total. The summed E-state index contributed by atoms with van der Waals surface area (Å²) in [6, 6.07) is 0. The molecule has 1 amide bonds. The van der Waals surface area contributed by atoms with Gasteiger partial charge in [0.2, 0.25) is 21.9 Å². The van der Waals surface area contributed by atoms with E-state index in [1.807, 2.05) is 0 Å². The summed E-state index contributed by atoms with van der Waals surface area (Å²) in [6.45, 7) is -0.0896. The predicted octanol–water partition coefficient (Wildman–Crippen LogP) is -0.600. The van der Waals surface area contributed by atoms with E-state index in [-0.39, 0.29) is 24.1 Å². The van der Waals surface area contributed by atoms with Crippen molar-refractivity contribution in [3.05, 3.63) is 11.3 Å². The summed E-state index contributed by atoms with van der Waals surface area (Å²) in [5.41, 5.74) is 0.367. The van der Waals surface area contributed by atoms with Crippen LogP contribution in [0.5, 0.6) is 0 Å². The average molecular weight is 317 g/mol. The van der Waals surface area contributed by atoms with Crippen LogP contribution in [0.2, 0.25) is 5.15 Å². The first-order chi connectivity index (χ1) is 9.36. The number of nitrogens with zero attached hydrogens (tertiary/aromatic N) is 4. The van der Waals surface area contributed by atoms with Gasteiger partial charge in [-0.2, -0.15) is 15.1 Å². The Morgan fingerprint density at radius 2 is 2.20 bits per heavy atom. The second-order valence-corrected chi connectivity index (χ2v) is 6.57. The second-order valence-electron chi connectivity index (χ2n) is 4.37. The normalized spacial score (nSPS) is 20.0. The van der Waals surface area contributed by atoms with E-state index in [0.29, 0.717) is 11.0 Å². The van der Waals surface area contributed by atoms with Crippen molar-refractivity contribution in [1.29, 1.82) is 0 Å². The summed E-state index contributed by atoms with van der Waals surface area (Å²) in [5, 5.41) is 11.1. The molecule has 3 heterocycles. The van der Waals surface area contributed by atoms with Gasteiger partial charge in [0.05, 0.1) is 11.6 Å². The van der Waals surface area contributed by atoms with Gasteiger partial charge in [0, 0.05) is 13.0 Å². The largest absolute Gasteiger partial charge is 0.279 e. The molecule has 1 aliphatic heterocycles. The molecule has 0 spiro atoms. The number of anilines is 1. The van der Waals surface area contributed by atoms with Crippen LogP contribution in [-0.4, -0.2) is 46.3 Å². The minimum Gasteiger partial charge on any atom is -0.279 e. The summed E-state index contributed by atoms with van der Waals surface area (Å²) < 4.78 is 22.6. The van der Waals surface area contributed by atoms with E-state index in [1.54, 1.807) is 0 Å². The van der Waals surface area contributed by atoms with Gasteiger partial charge in [-0.1, -0.05) is 11.6 Å². The number of H-pyrrole nitrogens is 1. The van der Waals surface area contributed by atoms with Crippen molar-refractivity contribution in [1.82, 2.24) is 20.2 Å². The van der Waals surface area contributed by atoms with Gasteiger partial charge < -0.3 is 0 Å². The Hall–Kier alpha value is -1.78. The average Bonchev–Trinajstić information content (AvgIpc) is 2.94. The van der Waals surface area contributed by atoms with Crippen molar-refractivity contribution >= 4 is 44.5 Å². The van der Waals surface area contributed by atoms with E-state index in [9.17, 15) is 13.2 Å². The van der Waals surface area contributed by atoms with E-state index in [1.165, 1.54) is 6.20 Å². The molecule has 1 saturated heterocycles. The molecule has 1 fully saturated rings. The number of fused-ring (bicyclic) bond motifs is 1. The van der Waals surface area contributed by atoms with Crippen LogP contribution < -0.4 is 10.0 Å². The third-order valence-corrected chi connectivity index (χ3v) is 4.58. The van der Waals surface area contributed by atoms with Gasteiger partial charge in [0.25, 0.3) is 0 Å². The Bertz CT molecular complexity index is 803. The van der Waals surface area contributed by atoms with Crippen molar-refractivity contribution in [2.45, 2.75) is 11.7 Å². The monoisotopic (exact) mass is 316 g/mol. The van der Waals surface area contributed by atoms with Crippen molar-refractivity contribution in [3.63, 3.8) is 0 Å². The van der Waals surface area contributed by atoms with Crippen LogP contribution in [0.3, 0.4) is 0 Å². The lowest BCUT2D eigenvalue weighted by atomic mass is 10.4. The van der Waals surface area contributed by atoms with Gasteiger partial charge in [-0.25, -0.2) is 13.6 Å². The number of primary sulfonamides is 1. The maximum atomic E-state index is 11.9. The third-order valence-electron chi connectivity index (χ3n) is 3.05. The van der Waals surface area contributed by atoms with Crippen LogP contribution in [0, 0.1) is 0 Å². The van der Waals surface area contributed by atoms with Crippen LogP contribution in [0.1, 0.15) is 6.42 Å². The van der Waals surface area contributed by atoms with Crippen molar-refractivity contribution in [3.8, 4) is 0 Å². The Kier molecular flexibility index (Phi) is 2.88. The molecule has 106 valence electrons. The molecule has 9 nitrogen and oxygen atoms in total. The fourth-order valence-corrected chi connectivity index (χ4v) is 2.94. The number of nitrogens with one attached hydrogen (secondary N) is 1. The van der Waals surface area contributed by atoms with E-state index in [2.05, 4.69) is 20.2 Å². The fourth-order valence-electron chi connectivity index (χ4n) is 2.00. The van der Waals surface area contributed by atoms with Gasteiger partial charge in [0.15, 0.2) is 5.65 Å². The number of hydrogen-bond acceptors (Lipinski definition) is 6. The number of carbonyl (C=O) groups excluding carboxylic acids is 1. The minimum atomic E-state index is -3.79. The maximum Gasteiger partial charge on any atom is 0.235 e. The molecular weight excluding hydrogens is 308 g/mol. The Labute approximate surface area is 118 Å². The maximum absolute atomic E-state index is 11.9. The quantitative estimate of drug-likeness (QED) is 0.710. The van der Waals surface area contributed by atoms with Gasteiger partial charge in [0.1, 0.15) is 10.4 Å². The SMILES string of the molecule is NS(=O)(=O)C1CC(=O)N(c2nc(Cl)c3cn[nH]c3n2)C1. The van der Waals surface area contributed by atoms with Crippen molar-refractivity contribution < 1.29 is 13.2 Å². The number of sulfonamides is 1. The van der Waals surface area contributed by atoms with Gasteiger partial charge >= 0.3 is 0 Å². The fraction of sp³-hybridized carbons (Fsp3) is 0.333. The van der Waals surface area contributed by atoms with E-state index in [0.717, 1.165) is 4.90 Å². The molecule has 3 rings (SSSR count). The Morgan fingerprint density at radius 1 is 1.45 bits per heavy atom. The summed E-state index contributed by atoms with van der Waals surface area (Å²) in [5.74, 6) is -0.387. The molecule has 1 aliphatic rings. The Morgan fingerprint density at radius 3 is 2.85 bits per heavy atom. The zero-order valence-electron chi connectivity index (χ0n) is 9.95. The zero-order chi connectivity index (χ0) is 14.5. The minimum absolute atomic E-state index is 0.0305. The zero-order valence-corrected chi connectivity index (χ0v) is 11.5. The highest BCUT2D eigenvalue weighted by Gasteiger charge is 2.38. The van der Waals surface area contributed by atoms with Crippen LogP contribution in [0.15, 0.2) is 6.20 Å². The number of aromatic amines is 1. The number of halogens is 1. The van der Waals surface area contributed by atoms with Crippen LogP contribution in [0.4, 0.5) is 5.95 Å². The summed E-state index contributed by atoms with van der Waals surface area (Å²) in [6.07, 6.45) is 1.27. The molecule has 0 radical (unpaired) electrons. The first-order valence-electron chi connectivity index (χ1n) is 5.55. The number of rotatable bonds is 2. The second kappa shape index (κ2) is 4.36. The van der Waals surface area contributed by atoms with E-state index >= 15 is 0 Å². The number of nitrogens with two attached hydrogens (primary N) is 1. The highest BCUT2D eigenvalue weighted by atomic mass is 35.5. The van der Waals surface area contributed by atoms with Gasteiger partial charge in [-0.05, 0) is 0 Å². The molecule has 1 atom stereocenters. The molecule has 20 heavy (non-hydrogen) atoms. The first kappa shape index (κ1) is 13.2. The molecule has 2 aromatic heterocycles. The topological polar surface area (TPSA) is 135 Å². The van der Waals surface area contributed by atoms with Crippen molar-refractivity contribution in [2.24, 2.45) is 5.14 Å². The van der Waals surface area contributed by atoms with Gasteiger partial charge in [-0.3, -0.25) is 14.8 Å². The molecule has 0 saturated carbocycles. The molecular formula is C9H9ClN6O3S. The van der Waals surface area contributed by atoms with Crippen molar-refractivity contribution in [2.75, 3.05) is 11.4 Å². The molecule has 11 heteroatoms. The summed E-state index contributed by atoms with van der Waals surface area (Å²) >= 11 is 5.96. The van der Waals surface area contributed by atoms with E-state index in [4.69, 9.17) is 16.7 Å².